The number of hydrogen-bond acceptors (Lipinski definition) is 3. The van der Waals surface area contributed by atoms with Gasteiger partial charge in [-0.05, 0) is 55.7 Å². The molecule has 1 aromatic carbocycles. The van der Waals surface area contributed by atoms with Crippen LogP contribution < -0.4 is 10.1 Å². The van der Waals surface area contributed by atoms with Gasteiger partial charge in [0.25, 0.3) is 0 Å². The first-order chi connectivity index (χ1) is 8.92. The van der Waals surface area contributed by atoms with Gasteiger partial charge >= 0.3 is 0 Å². The average Bonchev–Trinajstić information content (AvgIpc) is 2.94. The molecule has 0 spiro atoms. The van der Waals surface area contributed by atoms with E-state index in [0.29, 0.717) is 12.1 Å². The van der Waals surface area contributed by atoms with Crippen LogP contribution in [-0.2, 0) is 0 Å². The normalized spacial score (nSPS) is 28.2. The smallest absolute Gasteiger partial charge is 0.120 e. The van der Waals surface area contributed by atoms with E-state index in [0.717, 1.165) is 18.0 Å². The summed E-state index contributed by atoms with van der Waals surface area (Å²) in [5.74, 6) is 3.49. The van der Waals surface area contributed by atoms with Gasteiger partial charge in [-0.2, -0.15) is 11.8 Å². The molecule has 0 radical (unpaired) electrons. The molecule has 2 fully saturated rings. The van der Waals surface area contributed by atoms with E-state index in [-0.39, 0.29) is 0 Å². The second-order valence-corrected chi connectivity index (χ2v) is 6.33. The first-order valence-electron chi connectivity index (χ1n) is 6.99. The minimum atomic E-state index is 0.413. The highest BCUT2D eigenvalue weighted by molar-refractivity contribution is 7.99. The van der Waals surface area contributed by atoms with E-state index in [4.69, 9.17) is 4.74 Å². The summed E-state index contributed by atoms with van der Waals surface area (Å²) in [6, 6.07) is 9.20. The summed E-state index contributed by atoms with van der Waals surface area (Å²) >= 11 is 2.01. The van der Waals surface area contributed by atoms with Crippen molar-refractivity contribution in [3.63, 3.8) is 0 Å². The zero-order valence-electron chi connectivity index (χ0n) is 10.7. The molecule has 2 nitrogen and oxygen atoms in total. The van der Waals surface area contributed by atoms with Crippen molar-refractivity contribution in [2.75, 3.05) is 18.1 Å². The molecule has 18 heavy (non-hydrogen) atoms. The lowest BCUT2D eigenvalue weighted by atomic mass is 10.1. The van der Waals surface area contributed by atoms with Crippen molar-refractivity contribution >= 4 is 11.8 Å². The highest BCUT2D eigenvalue weighted by Gasteiger charge is 2.18. The van der Waals surface area contributed by atoms with Gasteiger partial charge in [0.15, 0.2) is 0 Å². The predicted molar refractivity (Wildman–Crippen MR) is 77.4 cm³/mol. The lowest BCUT2D eigenvalue weighted by molar-refractivity contribution is 0.211. The summed E-state index contributed by atoms with van der Waals surface area (Å²) in [4.78, 5) is 0. The largest absolute Gasteiger partial charge is 0.490 e. The summed E-state index contributed by atoms with van der Waals surface area (Å²) in [6.07, 6.45) is 5.45. The molecule has 2 heterocycles. The Kier molecular flexibility index (Phi) is 4.11. The minimum Gasteiger partial charge on any atom is -0.490 e. The summed E-state index contributed by atoms with van der Waals surface area (Å²) in [6.45, 7) is 1.15. The highest BCUT2D eigenvalue weighted by atomic mass is 32.2. The molecule has 0 saturated carbocycles. The van der Waals surface area contributed by atoms with Crippen molar-refractivity contribution in [3.05, 3.63) is 29.8 Å². The lowest BCUT2D eigenvalue weighted by Gasteiger charge is -2.23. The number of hydrogen-bond donors (Lipinski definition) is 1. The maximum Gasteiger partial charge on any atom is 0.120 e. The van der Waals surface area contributed by atoms with Gasteiger partial charge in [-0.25, -0.2) is 0 Å². The Bertz CT molecular complexity index is 384. The monoisotopic (exact) mass is 263 g/mol. The maximum absolute atomic E-state index is 6.11. The molecule has 2 atom stereocenters. The molecule has 0 aromatic heterocycles. The van der Waals surface area contributed by atoms with Gasteiger partial charge < -0.3 is 10.1 Å². The third-order valence-corrected chi connectivity index (χ3v) is 4.93. The second-order valence-electron chi connectivity index (χ2n) is 5.18. The minimum absolute atomic E-state index is 0.413. The maximum atomic E-state index is 6.11. The number of nitrogens with one attached hydrogen (secondary N) is 1. The van der Waals surface area contributed by atoms with Gasteiger partial charge in [-0.15, -0.1) is 0 Å². The van der Waals surface area contributed by atoms with Crippen LogP contribution in [0, 0.1) is 0 Å². The van der Waals surface area contributed by atoms with E-state index in [1.54, 1.807) is 0 Å². The molecule has 2 aliphatic rings. The number of ether oxygens (including phenoxy) is 1. The fourth-order valence-corrected chi connectivity index (χ4v) is 3.81. The van der Waals surface area contributed by atoms with E-state index >= 15 is 0 Å². The van der Waals surface area contributed by atoms with Crippen LogP contribution in [0.2, 0.25) is 0 Å². The molecule has 1 N–H and O–H groups in total. The van der Waals surface area contributed by atoms with Gasteiger partial charge in [0.1, 0.15) is 11.9 Å². The van der Waals surface area contributed by atoms with Crippen LogP contribution in [0.4, 0.5) is 0 Å². The molecule has 0 aliphatic carbocycles. The third kappa shape index (κ3) is 3.01. The van der Waals surface area contributed by atoms with Crippen molar-refractivity contribution < 1.29 is 4.74 Å². The van der Waals surface area contributed by atoms with Crippen LogP contribution in [0.3, 0.4) is 0 Å². The summed E-state index contributed by atoms with van der Waals surface area (Å²) in [5, 5.41) is 3.54. The standard InChI is InChI=1S/C15H21NOS/c1-4-12(15-7-2-8-16-15)10-13(5-1)17-14-6-3-9-18-11-14/h1,4-5,10,14-16H,2-3,6-9,11H2. The average molecular weight is 263 g/mol. The Morgan fingerprint density at radius 1 is 1.22 bits per heavy atom. The van der Waals surface area contributed by atoms with E-state index in [1.807, 2.05) is 11.8 Å². The second kappa shape index (κ2) is 5.98. The Morgan fingerprint density at radius 2 is 2.22 bits per heavy atom. The Hall–Kier alpha value is -0.670. The molecule has 2 saturated heterocycles. The zero-order chi connectivity index (χ0) is 12.2. The molecule has 98 valence electrons. The van der Waals surface area contributed by atoms with Crippen molar-refractivity contribution in [2.24, 2.45) is 0 Å². The predicted octanol–water partition coefficient (Wildman–Crippen LogP) is 3.39. The SMILES string of the molecule is c1cc(OC2CCCSC2)cc(C2CCCN2)c1. The molecule has 1 aromatic rings. The number of thioether (sulfide) groups is 1. The first kappa shape index (κ1) is 12.4. The number of benzene rings is 1. The van der Waals surface area contributed by atoms with E-state index < -0.39 is 0 Å². The van der Waals surface area contributed by atoms with Gasteiger partial charge in [0.05, 0.1) is 0 Å². The van der Waals surface area contributed by atoms with Crippen LogP contribution >= 0.6 is 11.8 Å². The van der Waals surface area contributed by atoms with Gasteiger partial charge in [-0.1, -0.05) is 12.1 Å². The van der Waals surface area contributed by atoms with Crippen LogP contribution in [0.25, 0.3) is 0 Å². The van der Waals surface area contributed by atoms with Crippen molar-refractivity contribution in [1.82, 2.24) is 5.32 Å². The van der Waals surface area contributed by atoms with Gasteiger partial charge in [-0.3, -0.25) is 0 Å². The molecule has 0 bridgehead atoms. The van der Waals surface area contributed by atoms with E-state index in [2.05, 4.69) is 29.6 Å². The summed E-state index contributed by atoms with van der Waals surface area (Å²) < 4.78 is 6.11. The fourth-order valence-electron chi connectivity index (χ4n) is 2.77. The molecular weight excluding hydrogens is 242 g/mol. The quantitative estimate of drug-likeness (QED) is 0.903. The lowest BCUT2D eigenvalue weighted by Crippen LogP contribution is -2.23. The molecule has 0 amide bonds. The third-order valence-electron chi connectivity index (χ3n) is 3.74. The van der Waals surface area contributed by atoms with Crippen molar-refractivity contribution in [2.45, 2.75) is 37.8 Å². The first-order valence-corrected chi connectivity index (χ1v) is 8.15. The van der Waals surface area contributed by atoms with E-state index in [1.165, 1.54) is 37.0 Å². The van der Waals surface area contributed by atoms with Gasteiger partial charge in [0, 0.05) is 11.8 Å². The van der Waals surface area contributed by atoms with Crippen LogP contribution in [0.15, 0.2) is 24.3 Å². The summed E-state index contributed by atoms with van der Waals surface area (Å²) in [5.41, 5.74) is 1.38. The zero-order valence-corrected chi connectivity index (χ0v) is 11.5. The Morgan fingerprint density at radius 3 is 3.00 bits per heavy atom. The Labute approximate surface area is 113 Å². The van der Waals surface area contributed by atoms with Crippen molar-refractivity contribution in [1.29, 1.82) is 0 Å². The van der Waals surface area contributed by atoms with E-state index in [9.17, 15) is 0 Å². The fraction of sp³-hybridized carbons (Fsp3) is 0.600. The molecule has 3 heteroatoms. The van der Waals surface area contributed by atoms with Crippen LogP contribution in [0.1, 0.15) is 37.3 Å². The molecular formula is C15H21NOS. The Balaban J connectivity index is 1.66. The van der Waals surface area contributed by atoms with Gasteiger partial charge in [0.2, 0.25) is 0 Å². The topological polar surface area (TPSA) is 21.3 Å². The number of rotatable bonds is 3. The van der Waals surface area contributed by atoms with Crippen LogP contribution in [0.5, 0.6) is 5.75 Å². The molecule has 2 unspecified atom stereocenters. The van der Waals surface area contributed by atoms with Crippen molar-refractivity contribution in [3.8, 4) is 5.75 Å². The highest BCUT2D eigenvalue weighted by Crippen LogP contribution is 2.28. The molecule has 3 rings (SSSR count). The summed E-state index contributed by atoms with van der Waals surface area (Å²) in [7, 11) is 0. The van der Waals surface area contributed by atoms with Crippen LogP contribution in [-0.4, -0.2) is 24.2 Å². The molecule has 2 aliphatic heterocycles.